The molecule has 5 nitrogen and oxygen atoms in total. The van der Waals surface area contributed by atoms with Crippen molar-refractivity contribution in [2.75, 3.05) is 0 Å². The Balaban J connectivity index is 1.66. The third-order valence-corrected chi connectivity index (χ3v) is 3.02. The van der Waals surface area contributed by atoms with E-state index >= 15 is 0 Å². The number of nitrogens with zero attached hydrogens (tertiary/aromatic N) is 3. The van der Waals surface area contributed by atoms with Crippen molar-refractivity contribution in [3.63, 3.8) is 0 Å². The molecular weight excluding hydrogens is 250 g/mol. The molecule has 100 valence electrons. The van der Waals surface area contributed by atoms with E-state index in [1.54, 1.807) is 12.4 Å². The highest BCUT2D eigenvalue weighted by Gasteiger charge is 2.07. The molecule has 3 heterocycles. The molecule has 0 unspecified atom stereocenters. The van der Waals surface area contributed by atoms with Crippen molar-refractivity contribution >= 4 is 0 Å². The van der Waals surface area contributed by atoms with Gasteiger partial charge in [-0.3, -0.25) is 15.1 Å². The summed E-state index contributed by atoms with van der Waals surface area (Å²) >= 11 is 0. The molecule has 0 amide bonds. The lowest BCUT2D eigenvalue weighted by Crippen LogP contribution is -2.13. The first-order chi connectivity index (χ1) is 9.93. The molecule has 0 saturated heterocycles. The summed E-state index contributed by atoms with van der Waals surface area (Å²) < 4.78 is 0. The van der Waals surface area contributed by atoms with Crippen molar-refractivity contribution in [2.45, 2.75) is 13.1 Å². The Hall–Kier alpha value is -2.53. The zero-order valence-corrected chi connectivity index (χ0v) is 11.0. The lowest BCUT2D eigenvalue weighted by atomic mass is 10.1. The van der Waals surface area contributed by atoms with Gasteiger partial charge in [0.1, 0.15) is 0 Å². The van der Waals surface area contributed by atoms with E-state index in [0.717, 1.165) is 35.6 Å². The SMILES string of the molecule is c1ccc(CNCc2cn[nH]c2-c2cccnc2)nc1. The van der Waals surface area contributed by atoms with Gasteiger partial charge in [0.15, 0.2) is 0 Å². The first-order valence-electron chi connectivity index (χ1n) is 6.47. The lowest BCUT2D eigenvalue weighted by Gasteiger charge is -2.05. The molecule has 0 aliphatic carbocycles. The Morgan fingerprint density at radius 1 is 1.00 bits per heavy atom. The summed E-state index contributed by atoms with van der Waals surface area (Å²) in [6.07, 6.45) is 7.23. The summed E-state index contributed by atoms with van der Waals surface area (Å²) in [5, 5.41) is 10.5. The lowest BCUT2D eigenvalue weighted by molar-refractivity contribution is 0.681. The van der Waals surface area contributed by atoms with Gasteiger partial charge in [0.25, 0.3) is 0 Å². The number of H-pyrrole nitrogens is 1. The Morgan fingerprint density at radius 2 is 2.00 bits per heavy atom. The minimum atomic E-state index is 0.733. The van der Waals surface area contributed by atoms with E-state index in [0.29, 0.717) is 0 Å². The molecule has 2 N–H and O–H groups in total. The second-order valence-electron chi connectivity index (χ2n) is 4.44. The highest BCUT2D eigenvalue weighted by molar-refractivity contribution is 5.61. The standard InChI is InChI=1S/C15H15N5/c1-2-7-18-14(5-1)11-17-9-13-10-19-20-15(13)12-4-3-6-16-8-12/h1-8,10,17H,9,11H2,(H,19,20). The van der Waals surface area contributed by atoms with Gasteiger partial charge in [-0.25, -0.2) is 0 Å². The first-order valence-corrected chi connectivity index (χ1v) is 6.47. The van der Waals surface area contributed by atoms with Gasteiger partial charge in [0.2, 0.25) is 0 Å². The number of rotatable bonds is 5. The van der Waals surface area contributed by atoms with E-state index in [1.165, 1.54) is 0 Å². The Bertz CT molecular complexity index is 648. The van der Waals surface area contributed by atoms with E-state index in [1.807, 2.05) is 42.7 Å². The van der Waals surface area contributed by atoms with E-state index in [-0.39, 0.29) is 0 Å². The topological polar surface area (TPSA) is 66.5 Å². The predicted octanol–water partition coefficient (Wildman–Crippen LogP) is 2.16. The Labute approximate surface area is 117 Å². The minimum absolute atomic E-state index is 0.733. The van der Waals surface area contributed by atoms with Crippen molar-refractivity contribution in [2.24, 2.45) is 0 Å². The summed E-state index contributed by atoms with van der Waals surface area (Å²) in [7, 11) is 0. The van der Waals surface area contributed by atoms with Gasteiger partial charge in [0.05, 0.1) is 17.6 Å². The molecule has 0 spiro atoms. The summed E-state index contributed by atoms with van der Waals surface area (Å²) in [4.78, 5) is 8.41. The largest absolute Gasteiger partial charge is 0.307 e. The van der Waals surface area contributed by atoms with Crippen LogP contribution >= 0.6 is 0 Å². The molecular formula is C15H15N5. The molecule has 0 radical (unpaired) electrons. The van der Waals surface area contributed by atoms with Crippen LogP contribution in [0.25, 0.3) is 11.3 Å². The predicted molar refractivity (Wildman–Crippen MR) is 76.6 cm³/mol. The monoisotopic (exact) mass is 265 g/mol. The number of aromatic nitrogens is 4. The zero-order chi connectivity index (χ0) is 13.6. The molecule has 20 heavy (non-hydrogen) atoms. The molecule has 0 fully saturated rings. The maximum atomic E-state index is 4.28. The molecule has 5 heteroatoms. The molecule has 0 aliphatic rings. The van der Waals surface area contributed by atoms with E-state index < -0.39 is 0 Å². The van der Waals surface area contributed by atoms with Crippen LogP contribution in [0.5, 0.6) is 0 Å². The Kier molecular flexibility index (Phi) is 3.80. The third-order valence-electron chi connectivity index (χ3n) is 3.02. The van der Waals surface area contributed by atoms with Crippen molar-refractivity contribution < 1.29 is 0 Å². The fourth-order valence-corrected chi connectivity index (χ4v) is 2.03. The second-order valence-corrected chi connectivity index (χ2v) is 4.44. The molecule has 0 atom stereocenters. The number of hydrogen-bond donors (Lipinski definition) is 2. The van der Waals surface area contributed by atoms with Crippen LogP contribution in [0.1, 0.15) is 11.3 Å². The number of hydrogen-bond acceptors (Lipinski definition) is 4. The van der Waals surface area contributed by atoms with E-state index in [2.05, 4.69) is 25.5 Å². The molecule has 3 rings (SSSR count). The summed E-state index contributed by atoms with van der Waals surface area (Å²) in [6.45, 7) is 1.47. The number of pyridine rings is 2. The van der Waals surface area contributed by atoms with E-state index in [4.69, 9.17) is 0 Å². The first kappa shape index (κ1) is 12.5. The fraction of sp³-hybridized carbons (Fsp3) is 0.133. The summed E-state index contributed by atoms with van der Waals surface area (Å²) in [5.74, 6) is 0. The van der Waals surface area contributed by atoms with Gasteiger partial charge in [-0.15, -0.1) is 0 Å². The number of aromatic amines is 1. The third kappa shape index (κ3) is 2.89. The van der Waals surface area contributed by atoms with Gasteiger partial charge in [-0.1, -0.05) is 6.07 Å². The quantitative estimate of drug-likeness (QED) is 0.742. The number of nitrogens with one attached hydrogen (secondary N) is 2. The van der Waals surface area contributed by atoms with Gasteiger partial charge >= 0.3 is 0 Å². The average molecular weight is 265 g/mol. The molecule has 0 bridgehead atoms. The minimum Gasteiger partial charge on any atom is -0.307 e. The molecule has 3 aromatic heterocycles. The van der Waals surface area contributed by atoms with Crippen LogP contribution in [0.3, 0.4) is 0 Å². The van der Waals surface area contributed by atoms with Crippen LogP contribution in [0, 0.1) is 0 Å². The fourth-order valence-electron chi connectivity index (χ4n) is 2.03. The summed E-state index contributed by atoms with van der Waals surface area (Å²) in [5.41, 5.74) is 4.19. The molecule has 0 saturated carbocycles. The maximum Gasteiger partial charge on any atom is 0.0710 e. The zero-order valence-electron chi connectivity index (χ0n) is 11.0. The smallest absolute Gasteiger partial charge is 0.0710 e. The van der Waals surface area contributed by atoms with Crippen molar-refractivity contribution in [1.82, 2.24) is 25.5 Å². The van der Waals surface area contributed by atoms with Crippen molar-refractivity contribution in [1.29, 1.82) is 0 Å². The van der Waals surface area contributed by atoms with Crippen molar-refractivity contribution in [3.05, 3.63) is 66.4 Å². The van der Waals surface area contributed by atoms with Gasteiger partial charge in [-0.2, -0.15) is 5.10 Å². The highest BCUT2D eigenvalue weighted by atomic mass is 15.1. The van der Waals surface area contributed by atoms with Gasteiger partial charge < -0.3 is 5.32 Å². The van der Waals surface area contributed by atoms with Crippen LogP contribution < -0.4 is 5.32 Å². The van der Waals surface area contributed by atoms with E-state index in [9.17, 15) is 0 Å². The van der Waals surface area contributed by atoms with Gasteiger partial charge in [0, 0.05) is 42.8 Å². The van der Waals surface area contributed by atoms with Crippen LogP contribution in [-0.4, -0.2) is 20.2 Å². The maximum absolute atomic E-state index is 4.28. The van der Waals surface area contributed by atoms with Crippen LogP contribution in [0.15, 0.2) is 55.1 Å². The van der Waals surface area contributed by atoms with Crippen molar-refractivity contribution in [3.8, 4) is 11.3 Å². The second kappa shape index (κ2) is 6.08. The molecule has 0 aromatic carbocycles. The average Bonchev–Trinajstić information content (AvgIpc) is 2.98. The molecule has 3 aromatic rings. The van der Waals surface area contributed by atoms with Crippen LogP contribution in [0.2, 0.25) is 0 Å². The Morgan fingerprint density at radius 3 is 2.80 bits per heavy atom. The van der Waals surface area contributed by atoms with Crippen LogP contribution in [0.4, 0.5) is 0 Å². The van der Waals surface area contributed by atoms with Gasteiger partial charge in [-0.05, 0) is 24.3 Å². The normalized spacial score (nSPS) is 10.6. The van der Waals surface area contributed by atoms with Crippen LogP contribution in [-0.2, 0) is 13.1 Å². The summed E-state index contributed by atoms with van der Waals surface area (Å²) in [6, 6.07) is 9.84. The molecule has 0 aliphatic heterocycles. The highest BCUT2D eigenvalue weighted by Crippen LogP contribution is 2.19.